The third-order valence-electron chi connectivity index (χ3n) is 1.65. The Hall–Kier alpha value is -0.800. The Bertz CT molecular complexity index is 391. The fraction of sp³-hybridized carbons (Fsp3) is 0.125. The lowest BCUT2D eigenvalue weighted by Gasteiger charge is -1.91. The summed E-state index contributed by atoms with van der Waals surface area (Å²) in [6, 6.07) is 3.88. The van der Waals surface area contributed by atoms with E-state index in [9.17, 15) is 0 Å². The first-order valence-electron chi connectivity index (χ1n) is 3.53. The molecule has 12 heavy (non-hydrogen) atoms. The van der Waals surface area contributed by atoms with Crippen LogP contribution in [0.25, 0.3) is 10.6 Å². The number of H-pyrrole nitrogens is 1. The molecule has 0 aromatic carbocycles. The number of nitrogens with zero attached hydrogens (tertiary/aromatic N) is 1. The molecule has 0 unspecified atom stereocenters. The van der Waals surface area contributed by atoms with Gasteiger partial charge in [0, 0.05) is 0 Å². The molecule has 0 radical (unpaired) electrons. The van der Waals surface area contributed by atoms with Crippen molar-refractivity contribution < 1.29 is 0 Å². The molecule has 0 atom stereocenters. The van der Waals surface area contributed by atoms with E-state index in [0.29, 0.717) is 0 Å². The molecule has 0 aliphatic rings. The van der Waals surface area contributed by atoms with Gasteiger partial charge < -0.3 is 0 Å². The second-order valence-electron chi connectivity index (χ2n) is 2.53. The molecule has 0 fully saturated rings. The van der Waals surface area contributed by atoms with Crippen LogP contribution in [0.1, 0.15) is 5.56 Å². The maximum Gasteiger partial charge on any atom is 0.0935 e. The molecule has 0 bridgehead atoms. The van der Waals surface area contributed by atoms with Crippen LogP contribution in [-0.4, -0.2) is 10.2 Å². The van der Waals surface area contributed by atoms with E-state index in [1.165, 1.54) is 0 Å². The van der Waals surface area contributed by atoms with Gasteiger partial charge in [0.05, 0.1) is 21.1 Å². The molecule has 2 aromatic rings. The number of rotatable bonds is 1. The highest BCUT2D eigenvalue weighted by atomic mass is 35.5. The number of halogens is 1. The molecule has 0 aliphatic carbocycles. The maximum atomic E-state index is 5.81. The van der Waals surface area contributed by atoms with Crippen molar-refractivity contribution in [2.75, 3.05) is 0 Å². The lowest BCUT2D eigenvalue weighted by atomic mass is 10.2. The van der Waals surface area contributed by atoms with Crippen molar-refractivity contribution in [3.63, 3.8) is 0 Å². The highest BCUT2D eigenvalue weighted by Gasteiger charge is 2.05. The summed E-state index contributed by atoms with van der Waals surface area (Å²) in [5, 5.41) is 6.88. The van der Waals surface area contributed by atoms with Crippen LogP contribution in [0.3, 0.4) is 0 Å². The van der Waals surface area contributed by atoms with E-state index in [-0.39, 0.29) is 0 Å². The fourth-order valence-corrected chi connectivity index (χ4v) is 2.15. The van der Waals surface area contributed by atoms with Gasteiger partial charge in [0.25, 0.3) is 0 Å². The average molecular weight is 199 g/mol. The number of hydrogen-bond acceptors (Lipinski definition) is 2. The Morgan fingerprint density at radius 1 is 1.50 bits per heavy atom. The highest BCUT2D eigenvalue weighted by molar-refractivity contribution is 7.19. The Balaban J connectivity index is 2.50. The van der Waals surface area contributed by atoms with E-state index < -0.39 is 0 Å². The molecule has 0 spiro atoms. The van der Waals surface area contributed by atoms with Crippen LogP contribution in [0, 0.1) is 6.92 Å². The summed E-state index contributed by atoms with van der Waals surface area (Å²) in [7, 11) is 0. The average Bonchev–Trinajstić information content (AvgIpc) is 2.58. The van der Waals surface area contributed by atoms with Crippen LogP contribution in [0.5, 0.6) is 0 Å². The lowest BCUT2D eigenvalue weighted by molar-refractivity contribution is 1.10. The zero-order valence-corrected chi connectivity index (χ0v) is 8.04. The van der Waals surface area contributed by atoms with Gasteiger partial charge in [-0.25, -0.2) is 0 Å². The largest absolute Gasteiger partial charge is 0.277 e. The standard InChI is InChI=1S/C8H7ClN2S/c1-5-4-10-11-8(5)6-2-3-7(9)12-6/h2-4H,1H3,(H,10,11). The number of aromatic amines is 1. The molecular formula is C8H7ClN2S. The molecule has 0 aliphatic heterocycles. The summed E-state index contributed by atoms with van der Waals surface area (Å²) in [5.74, 6) is 0. The molecule has 2 heterocycles. The SMILES string of the molecule is Cc1cn[nH]c1-c1ccc(Cl)s1. The molecule has 2 rings (SSSR count). The van der Waals surface area contributed by atoms with Gasteiger partial charge >= 0.3 is 0 Å². The summed E-state index contributed by atoms with van der Waals surface area (Å²) < 4.78 is 0.805. The normalized spacial score (nSPS) is 10.5. The van der Waals surface area contributed by atoms with Gasteiger partial charge in [-0.15, -0.1) is 11.3 Å². The van der Waals surface area contributed by atoms with Crippen molar-refractivity contribution in [3.8, 4) is 10.6 Å². The van der Waals surface area contributed by atoms with Crippen molar-refractivity contribution in [1.29, 1.82) is 0 Å². The Morgan fingerprint density at radius 3 is 2.83 bits per heavy atom. The highest BCUT2D eigenvalue weighted by Crippen LogP contribution is 2.30. The second kappa shape index (κ2) is 2.92. The number of thiophene rings is 1. The van der Waals surface area contributed by atoms with Crippen LogP contribution < -0.4 is 0 Å². The topological polar surface area (TPSA) is 28.7 Å². The third kappa shape index (κ3) is 1.26. The molecule has 0 saturated carbocycles. The quantitative estimate of drug-likeness (QED) is 0.750. The molecule has 2 nitrogen and oxygen atoms in total. The minimum Gasteiger partial charge on any atom is -0.277 e. The molecule has 62 valence electrons. The van der Waals surface area contributed by atoms with E-state index in [2.05, 4.69) is 10.2 Å². The van der Waals surface area contributed by atoms with Gasteiger partial charge in [-0.1, -0.05) is 11.6 Å². The second-order valence-corrected chi connectivity index (χ2v) is 4.25. The van der Waals surface area contributed by atoms with E-state index in [1.54, 1.807) is 11.3 Å². The van der Waals surface area contributed by atoms with Crippen molar-refractivity contribution in [1.82, 2.24) is 10.2 Å². The third-order valence-corrected chi connectivity index (χ3v) is 2.90. The molecule has 4 heteroatoms. The Labute approximate surface area is 79.2 Å². The molecule has 0 amide bonds. The Morgan fingerprint density at radius 2 is 2.33 bits per heavy atom. The van der Waals surface area contributed by atoms with Gasteiger partial charge in [-0.3, -0.25) is 5.10 Å². The number of nitrogens with one attached hydrogen (secondary N) is 1. The van der Waals surface area contributed by atoms with Crippen LogP contribution in [0.2, 0.25) is 4.34 Å². The summed E-state index contributed by atoms with van der Waals surface area (Å²) in [6.07, 6.45) is 1.81. The van der Waals surface area contributed by atoms with E-state index >= 15 is 0 Å². The predicted molar refractivity (Wildman–Crippen MR) is 51.6 cm³/mol. The monoisotopic (exact) mass is 198 g/mol. The fourth-order valence-electron chi connectivity index (χ4n) is 1.04. The summed E-state index contributed by atoms with van der Waals surface area (Å²) >= 11 is 7.37. The lowest BCUT2D eigenvalue weighted by Crippen LogP contribution is -1.73. The minimum absolute atomic E-state index is 0.805. The van der Waals surface area contributed by atoms with Crippen LogP contribution in [0.15, 0.2) is 18.3 Å². The van der Waals surface area contributed by atoms with Crippen molar-refractivity contribution in [2.45, 2.75) is 6.92 Å². The zero-order valence-electron chi connectivity index (χ0n) is 6.47. The molecule has 0 saturated heterocycles. The van der Waals surface area contributed by atoms with Crippen LogP contribution >= 0.6 is 22.9 Å². The predicted octanol–water partition coefficient (Wildman–Crippen LogP) is 3.10. The van der Waals surface area contributed by atoms with Gasteiger partial charge in [-0.2, -0.15) is 5.10 Å². The van der Waals surface area contributed by atoms with Crippen molar-refractivity contribution >= 4 is 22.9 Å². The maximum absolute atomic E-state index is 5.81. The zero-order chi connectivity index (χ0) is 8.55. The smallest absolute Gasteiger partial charge is 0.0935 e. The minimum atomic E-state index is 0.805. The first kappa shape index (κ1) is 7.83. The summed E-state index contributed by atoms with van der Waals surface area (Å²) in [5.41, 5.74) is 2.21. The van der Waals surface area contributed by atoms with E-state index in [1.807, 2.05) is 25.3 Å². The molecular weight excluding hydrogens is 192 g/mol. The van der Waals surface area contributed by atoms with E-state index in [4.69, 9.17) is 11.6 Å². The number of hydrogen-bond donors (Lipinski definition) is 1. The first-order valence-corrected chi connectivity index (χ1v) is 4.72. The summed E-state index contributed by atoms with van der Waals surface area (Å²) in [6.45, 7) is 2.02. The molecule has 1 N–H and O–H groups in total. The van der Waals surface area contributed by atoms with E-state index in [0.717, 1.165) is 20.5 Å². The van der Waals surface area contributed by atoms with Gasteiger partial charge in [0.1, 0.15) is 0 Å². The summed E-state index contributed by atoms with van der Waals surface area (Å²) in [4.78, 5) is 1.13. The van der Waals surface area contributed by atoms with Crippen LogP contribution in [0.4, 0.5) is 0 Å². The van der Waals surface area contributed by atoms with Gasteiger partial charge in [-0.05, 0) is 24.6 Å². The van der Waals surface area contributed by atoms with Crippen molar-refractivity contribution in [2.24, 2.45) is 0 Å². The Kier molecular flexibility index (Phi) is 1.90. The number of aryl methyl sites for hydroxylation is 1. The number of aromatic nitrogens is 2. The molecule has 2 aromatic heterocycles. The first-order chi connectivity index (χ1) is 5.77. The van der Waals surface area contributed by atoms with Crippen LogP contribution in [-0.2, 0) is 0 Å². The van der Waals surface area contributed by atoms with Gasteiger partial charge in [0.2, 0.25) is 0 Å². The van der Waals surface area contributed by atoms with Gasteiger partial charge in [0.15, 0.2) is 0 Å². The van der Waals surface area contributed by atoms with Crippen molar-refractivity contribution in [3.05, 3.63) is 28.2 Å².